The smallest absolute Gasteiger partial charge is 0.332 e. The molecule has 0 radical (unpaired) electrons. The normalized spacial score (nSPS) is 15.8. The highest BCUT2D eigenvalue weighted by Gasteiger charge is 2.23. The van der Waals surface area contributed by atoms with Crippen molar-refractivity contribution in [1.29, 1.82) is 0 Å². The van der Waals surface area contributed by atoms with E-state index in [1.807, 2.05) is 30.3 Å². The molecule has 1 saturated heterocycles. The summed E-state index contributed by atoms with van der Waals surface area (Å²) in [6.45, 7) is 1.36. The van der Waals surface area contributed by atoms with Crippen LogP contribution in [0.15, 0.2) is 45.1 Å². The second-order valence-electron chi connectivity index (χ2n) is 7.47. The van der Waals surface area contributed by atoms with Gasteiger partial charge >= 0.3 is 5.69 Å². The number of nitrogen functional groups attached to an aromatic ring is 1. The molecule has 11 nitrogen and oxygen atoms in total. The van der Waals surface area contributed by atoms with Crippen molar-refractivity contribution in [3.8, 4) is 0 Å². The van der Waals surface area contributed by atoms with Gasteiger partial charge in [0.2, 0.25) is 5.16 Å². The van der Waals surface area contributed by atoms with Gasteiger partial charge in [0.1, 0.15) is 11.4 Å². The first-order valence-corrected chi connectivity index (χ1v) is 11.1. The third kappa shape index (κ3) is 4.50. The molecular weight excluding hydrogens is 434 g/mol. The third-order valence-electron chi connectivity index (χ3n) is 5.28. The van der Waals surface area contributed by atoms with Crippen molar-refractivity contribution >= 4 is 23.4 Å². The molecule has 0 saturated carbocycles. The van der Waals surface area contributed by atoms with Crippen molar-refractivity contribution in [2.24, 2.45) is 7.05 Å². The van der Waals surface area contributed by atoms with Gasteiger partial charge in [0.05, 0.1) is 24.9 Å². The number of aromatic nitrogens is 6. The lowest BCUT2D eigenvalue weighted by atomic mass is 10.2. The molecule has 1 unspecified atom stereocenters. The number of anilines is 1. The molecule has 168 valence electrons. The Morgan fingerprint density at radius 1 is 1.28 bits per heavy atom. The molecule has 3 aromatic rings. The molecule has 1 fully saturated rings. The molecule has 0 spiro atoms. The summed E-state index contributed by atoms with van der Waals surface area (Å²) >= 11 is 1.11. The van der Waals surface area contributed by atoms with Crippen LogP contribution in [-0.2, 0) is 24.9 Å². The van der Waals surface area contributed by atoms with Crippen LogP contribution < -0.4 is 17.0 Å². The highest BCUT2D eigenvalue weighted by molar-refractivity contribution is 7.99. The van der Waals surface area contributed by atoms with Crippen LogP contribution in [0, 0.1) is 0 Å². The van der Waals surface area contributed by atoms with Crippen molar-refractivity contribution in [1.82, 2.24) is 29.3 Å². The van der Waals surface area contributed by atoms with E-state index in [0.29, 0.717) is 11.7 Å². The maximum absolute atomic E-state index is 13.0. The van der Waals surface area contributed by atoms with Crippen LogP contribution in [0.2, 0.25) is 0 Å². The lowest BCUT2D eigenvalue weighted by molar-refractivity contribution is 0.0912. The Hall–Kier alpha value is -3.25. The summed E-state index contributed by atoms with van der Waals surface area (Å²) in [5, 5.41) is 12.0. The van der Waals surface area contributed by atoms with E-state index < -0.39 is 17.0 Å². The number of nitrogens with zero attached hydrogens (tertiary/aromatic N) is 6. The van der Waals surface area contributed by atoms with Gasteiger partial charge in [-0.1, -0.05) is 42.1 Å². The summed E-state index contributed by atoms with van der Waals surface area (Å²) in [5.41, 5.74) is 5.45. The van der Waals surface area contributed by atoms with Gasteiger partial charge in [0, 0.05) is 13.7 Å². The number of ether oxygens (including phenoxy) is 1. The molecule has 4 rings (SSSR count). The van der Waals surface area contributed by atoms with Gasteiger partial charge < -0.3 is 10.5 Å². The number of nitrogens with two attached hydrogens (primary N) is 1. The molecule has 1 atom stereocenters. The van der Waals surface area contributed by atoms with Gasteiger partial charge in [0.25, 0.3) is 5.56 Å². The third-order valence-corrected chi connectivity index (χ3v) is 6.23. The van der Waals surface area contributed by atoms with Crippen molar-refractivity contribution in [2.75, 3.05) is 18.1 Å². The number of hydrogen-bond acceptors (Lipinski definition) is 9. The van der Waals surface area contributed by atoms with E-state index >= 15 is 0 Å². The van der Waals surface area contributed by atoms with E-state index in [1.165, 1.54) is 11.6 Å². The van der Waals surface area contributed by atoms with Crippen LogP contribution in [0.5, 0.6) is 0 Å². The number of hydrogen-bond donors (Lipinski definition) is 1. The minimum absolute atomic E-state index is 0.0398. The van der Waals surface area contributed by atoms with Crippen molar-refractivity contribution in [3.05, 3.63) is 62.3 Å². The molecule has 0 aliphatic carbocycles. The summed E-state index contributed by atoms with van der Waals surface area (Å²) in [5.74, 6) is -0.748. The highest BCUT2D eigenvalue weighted by atomic mass is 32.2. The van der Waals surface area contributed by atoms with Crippen molar-refractivity contribution in [2.45, 2.75) is 37.2 Å². The molecule has 1 aromatic carbocycles. The van der Waals surface area contributed by atoms with Crippen LogP contribution in [-0.4, -0.2) is 53.6 Å². The Morgan fingerprint density at radius 2 is 2.06 bits per heavy atom. The van der Waals surface area contributed by atoms with E-state index in [1.54, 1.807) is 4.68 Å². The largest absolute Gasteiger partial charge is 0.384 e. The number of ketones is 1. The minimum Gasteiger partial charge on any atom is -0.384 e. The standard InChI is InChI=1S/C20H23N7O4S/c1-25-18(29)16(17(21)26(20(25)30)10-13-6-3-2-4-7-13)15(28)12-32-19-22-23-24-27(19)11-14-8-5-9-31-14/h2-4,6-7,14H,5,8-12,21H2,1H3. The average Bonchev–Trinajstić information content (AvgIpc) is 3.47. The minimum atomic E-state index is -0.721. The first-order chi connectivity index (χ1) is 15.5. The molecule has 0 amide bonds. The lowest BCUT2D eigenvalue weighted by Crippen LogP contribution is -2.43. The number of benzene rings is 1. The van der Waals surface area contributed by atoms with Gasteiger partial charge in [0.15, 0.2) is 5.78 Å². The molecule has 1 aliphatic heterocycles. The number of Topliss-reactive ketones (excluding diaryl/α,β-unsaturated/α-hetero) is 1. The van der Waals surface area contributed by atoms with E-state index in [4.69, 9.17) is 10.5 Å². The Kier molecular flexibility index (Phi) is 6.51. The van der Waals surface area contributed by atoms with Crippen LogP contribution >= 0.6 is 11.8 Å². The molecule has 12 heteroatoms. The summed E-state index contributed by atoms with van der Waals surface area (Å²) in [4.78, 5) is 38.3. The monoisotopic (exact) mass is 457 g/mol. The molecule has 2 N–H and O–H groups in total. The average molecular weight is 458 g/mol. The Morgan fingerprint density at radius 3 is 2.78 bits per heavy atom. The van der Waals surface area contributed by atoms with Gasteiger partial charge in [-0.25, -0.2) is 9.48 Å². The molecule has 3 heterocycles. The summed E-state index contributed by atoms with van der Waals surface area (Å²) in [6.07, 6.45) is 1.96. The van der Waals surface area contributed by atoms with Crippen molar-refractivity contribution < 1.29 is 9.53 Å². The van der Waals surface area contributed by atoms with Gasteiger partial charge in [-0.15, -0.1) is 5.10 Å². The van der Waals surface area contributed by atoms with Crippen LogP contribution in [0.1, 0.15) is 28.8 Å². The Labute approximate surface area is 187 Å². The number of tetrazole rings is 1. The van der Waals surface area contributed by atoms with Crippen molar-refractivity contribution in [3.63, 3.8) is 0 Å². The maximum Gasteiger partial charge on any atom is 0.332 e. The van der Waals surface area contributed by atoms with Crippen LogP contribution in [0.3, 0.4) is 0 Å². The SMILES string of the molecule is Cn1c(=O)c(C(=O)CSc2nnnn2CC2CCCO2)c(N)n(Cc2ccccc2)c1=O. The predicted molar refractivity (Wildman–Crippen MR) is 118 cm³/mol. The van der Waals surface area contributed by atoms with Gasteiger partial charge in [-0.2, -0.15) is 0 Å². The molecule has 32 heavy (non-hydrogen) atoms. The number of rotatable bonds is 8. The second-order valence-corrected chi connectivity index (χ2v) is 8.41. The van der Waals surface area contributed by atoms with E-state index in [2.05, 4.69) is 15.5 Å². The number of thioether (sulfide) groups is 1. The van der Waals surface area contributed by atoms with E-state index in [0.717, 1.165) is 41.3 Å². The number of carbonyl (C=O) groups excluding carboxylic acids is 1. The van der Waals surface area contributed by atoms with Gasteiger partial charge in [-0.3, -0.25) is 18.7 Å². The Bertz CT molecular complexity index is 1230. The fraction of sp³-hybridized carbons (Fsp3) is 0.400. The van der Waals surface area contributed by atoms with Crippen LogP contribution in [0.4, 0.5) is 5.82 Å². The quantitative estimate of drug-likeness (QED) is 0.374. The fourth-order valence-electron chi connectivity index (χ4n) is 3.56. The molecule has 1 aliphatic rings. The van der Waals surface area contributed by atoms with E-state index in [-0.39, 0.29) is 29.8 Å². The highest BCUT2D eigenvalue weighted by Crippen LogP contribution is 2.20. The first kappa shape index (κ1) is 22.0. The van der Waals surface area contributed by atoms with Crippen LogP contribution in [0.25, 0.3) is 0 Å². The van der Waals surface area contributed by atoms with Gasteiger partial charge in [-0.05, 0) is 28.8 Å². The maximum atomic E-state index is 13.0. The molecule has 2 aromatic heterocycles. The zero-order chi connectivity index (χ0) is 22.7. The summed E-state index contributed by atoms with van der Waals surface area (Å²) in [7, 11) is 1.33. The zero-order valence-electron chi connectivity index (χ0n) is 17.5. The molecule has 0 bridgehead atoms. The summed E-state index contributed by atoms with van der Waals surface area (Å²) < 4.78 is 9.33. The lowest BCUT2D eigenvalue weighted by Gasteiger charge is -2.14. The Balaban J connectivity index is 1.56. The number of carbonyl (C=O) groups is 1. The van der Waals surface area contributed by atoms with E-state index in [9.17, 15) is 14.4 Å². The molecular formula is C20H23N7O4S. The summed E-state index contributed by atoms with van der Waals surface area (Å²) in [6, 6.07) is 9.20. The second kappa shape index (κ2) is 9.49. The first-order valence-electron chi connectivity index (χ1n) is 10.1. The topological polar surface area (TPSA) is 140 Å². The fourth-order valence-corrected chi connectivity index (χ4v) is 4.32. The zero-order valence-corrected chi connectivity index (χ0v) is 18.3. The predicted octanol–water partition coefficient (Wildman–Crippen LogP) is 0.318.